The molecule has 0 spiro atoms. The monoisotopic (exact) mass is 299 g/mol. The Morgan fingerprint density at radius 3 is 2.61 bits per heavy atom. The lowest BCUT2D eigenvalue weighted by atomic mass is 9.76. The van der Waals surface area contributed by atoms with Gasteiger partial charge in [-0.05, 0) is 18.6 Å². The molecule has 0 saturated heterocycles. The van der Waals surface area contributed by atoms with Crippen LogP contribution in [0.1, 0.15) is 34.3 Å². The first kappa shape index (κ1) is 13.6. The molecule has 0 radical (unpaired) electrons. The van der Waals surface area contributed by atoms with Crippen molar-refractivity contribution in [2.24, 2.45) is 10.9 Å². The fraction of sp³-hybridized carbons (Fsp3) is 0.158. The van der Waals surface area contributed by atoms with E-state index in [9.17, 15) is 10.1 Å². The zero-order chi connectivity index (χ0) is 16.0. The summed E-state index contributed by atoms with van der Waals surface area (Å²) in [6.07, 6.45) is 3.42. The van der Waals surface area contributed by atoms with Gasteiger partial charge in [-0.15, -0.1) is 0 Å². The highest BCUT2D eigenvalue weighted by Crippen LogP contribution is 2.47. The second-order valence-electron chi connectivity index (χ2n) is 5.76. The van der Waals surface area contributed by atoms with Crippen molar-refractivity contribution in [3.63, 3.8) is 0 Å². The number of aliphatic imine (C=N–C) groups is 1. The molecule has 2 aliphatic rings. The number of hydrogen-bond donors (Lipinski definition) is 0. The lowest BCUT2D eigenvalue weighted by molar-refractivity contribution is 0.103. The second kappa shape index (κ2) is 4.99. The summed E-state index contributed by atoms with van der Waals surface area (Å²) >= 11 is 0. The Bertz CT molecular complexity index is 919. The summed E-state index contributed by atoms with van der Waals surface area (Å²) in [6, 6.07) is 13.6. The maximum Gasteiger partial charge on any atom is 0.192 e. The molecule has 110 valence electrons. The Morgan fingerprint density at radius 1 is 1.13 bits per heavy atom. The lowest BCUT2D eigenvalue weighted by Gasteiger charge is -2.27. The average molecular weight is 299 g/mol. The quantitative estimate of drug-likeness (QED) is 0.810. The minimum Gasteiger partial charge on any atom is -0.289 e. The summed E-state index contributed by atoms with van der Waals surface area (Å²) in [5.74, 6) is -0.793. The Kier molecular flexibility index (Phi) is 2.95. The Hall–Kier alpha value is -3.06. The van der Waals surface area contributed by atoms with Crippen molar-refractivity contribution < 1.29 is 4.79 Å². The maximum absolute atomic E-state index is 12.9. The van der Waals surface area contributed by atoms with Crippen molar-refractivity contribution >= 4 is 17.2 Å². The Morgan fingerprint density at radius 2 is 1.91 bits per heavy atom. The van der Waals surface area contributed by atoms with Crippen LogP contribution in [0.4, 0.5) is 0 Å². The number of fused-ring (bicyclic) bond motifs is 2. The van der Waals surface area contributed by atoms with E-state index in [2.05, 4.69) is 16.0 Å². The van der Waals surface area contributed by atoms with Crippen molar-refractivity contribution in [2.45, 2.75) is 12.8 Å². The summed E-state index contributed by atoms with van der Waals surface area (Å²) in [6.45, 7) is 1.85. The molecule has 0 unspecified atom stereocenters. The normalized spacial score (nSPS) is 22.3. The summed E-state index contributed by atoms with van der Waals surface area (Å²) in [7, 11) is 0. The van der Waals surface area contributed by atoms with Gasteiger partial charge in [-0.1, -0.05) is 30.3 Å². The summed E-state index contributed by atoms with van der Waals surface area (Å²) in [4.78, 5) is 21.7. The van der Waals surface area contributed by atoms with Gasteiger partial charge in [-0.3, -0.25) is 14.8 Å². The average Bonchev–Trinajstić information content (AvgIpc) is 2.87. The third-order valence-corrected chi connectivity index (χ3v) is 4.49. The van der Waals surface area contributed by atoms with Gasteiger partial charge in [0.1, 0.15) is 0 Å². The van der Waals surface area contributed by atoms with Crippen molar-refractivity contribution in [1.29, 1.82) is 5.26 Å². The predicted octanol–water partition coefficient (Wildman–Crippen LogP) is 3.39. The number of pyridine rings is 1. The molecule has 0 fully saturated rings. The molecule has 4 rings (SSSR count). The molecule has 1 aliphatic carbocycles. The largest absolute Gasteiger partial charge is 0.289 e. The molecular formula is C19H13N3O. The molecule has 2 atom stereocenters. The number of benzene rings is 1. The minimum absolute atomic E-state index is 0.0269. The maximum atomic E-state index is 12.9. The van der Waals surface area contributed by atoms with Gasteiger partial charge in [0.05, 0.1) is 17.7 Å². The number of carbonyl (C=O) groups excluding carboxylic acids is 1. The van der Waals surface area contributed by atoms with Crippen LogP contribution in [0.15, 0.2) is 59.4 Å². The third-order valence-electron chi connectivity index (χ3n) is 4.49. The number of ketones is 1. The summed E-state index contributed by atoms with van der Waals surface area (Å²) in [5, 5.41) is 9.63. The topological polar surface area (TPSA) is 66.1 Å². The van der Waals surface area contributed by atoms with Crippen molar-refractivity contribution in [3.05, 3.63) is 71.1 Å². The molecule has 1 aliphatic heterocycles. The van der Waals surface area contributed by atoms with E-state index in [-0.39, 0.29) is 11.7 Å². The van der Waals surface area contributed by atoms with Gasteiger partial charge in [0.2, 0.25) is 0 Å². The molecule has 0 N–H and O–H groups in total. The molecule has 0 bridgehead atoms. The molecular weight excluding hydrogens is 286 g/mol. The van der Waals surface area contributed by atoms with E-state index in [0.717, 1.165) is 16.8 Å². The highest BCUT2D eigenvalue weighted by Gasteiger charge is 2.42. The van der Waals surface area contributed by atoms with Gasteiger partial charge in [0, 0.05) is 40.7 Å². The highest BCUT2D eigenvalue weighted by molar-refractivity contribution is 6.23. The second-order valence-corrected chi connectivity index (χ2v) is 5.76. The van der Waals surface area contributed by atoms with Crippen LogP contribution < -0.4 is 0 Å². The smallest absolute Gasteiger partial charge is 0.192 e. The van der Waals surface area contributed by atoms with Crippen LogP contribution >= 0.6 is 0 Å². The number of hydrogen-bond acceptors (Lipinski definition) is 4. The number of carbonyl (C=O) groups is 1. The molecule has 4 nitrogen and oxygen atoms in total. The van der Waals surface area contributed by atoms with E-state index in [0.29, 0.717) is 16.8 Å². The molecule has 2 aromatic rings. The van der Waals surface area contributed by atoms with Gasteiger partial charge in [-0.2, -0.15) is 5.26 Å². The predicted molar refractivity (Wildman–Crippen MR) is 86.9 cm³/mol. The number of nitrogens with zero attached hydrogens (tertiary/aromatic N) is 3. The first-order valence-electron chi connectivity index (χ1n) is 7.45. The standard InChI is InChI=1S/C19H13N3O/c1-11-15(9-20)16(12-5-4-8-21-10-12)17-18(22-11)13-6-2-3-7-14(13)19(17)23/h2-8,10,15-16H,1H3/t15-,16+/m0/s1. The fourth-order valence-corrected chi connectivity index (χ4v) is 3.44. The van der Waals surface area contributed by atoms with Crippen LogP contribution in [-0.2, 0) is 0 Å². The van der Waals surface area contributed by atoms with E-state index < -0.39 is 5.92 Å². The first-order chi connectivity index (χ1) is 11.2. The van der Waals surface area contributed by atoms with Crippen molar-refractivity contribution in [3.8, 4) is 6.07 Å². The van der Waals surface area contributed by atoms with Crippen LogP contribution in [0.2, 0.25) is 0 Å². The summed E-state index contributed by atoms with van der Waals surface area (Å²) < 4.78 is 0. The van der Waals surface area contributed by atoms with E-state index in [4.69, 9.17) is 0 Å². The number of rotatable bonds is 1. The molecule has 0 saturated carbocycles. The molecule has 4 heteroatoms. The van der Waals surface area contributed by atoms with Crippen LogP contribution in [0, 0.1) is 17.2 Å². The molecule has 2 heterocycles. The fourth-order valence-electron chi connectivity index (χ4n) is 3.44. The number of allylic oxidation sites excluding steroid dienone is 1. The van der Waals surface area contributed by atoms with E-state index in [1.165, 1.54) is 0 Å². The number of nitriles is 1. The van der Waals surface area contributed by atoms with E-state index in [1.54, 1.807) is 12.4 Å². The molecule has 1 aromatic carbocycles. The summed E-state index contributed by atoms with van der Waals surface area (Å²) in [5.41, 5.74) is 4.48. The number of Topliss-reactive ketones (excluding diaryl/α,β-unsaturated/α-hetero) is 1. The SMILES string of the molecule is CC1=NC2=C(C(=O)c3ccccc32)[C@H](c2cccnc2)[C@H]1C#N. The van der Waals surface area contributed by atoms with Crippen molar-refractivity contribution in [1.82, 2.24) is 4.98 Å². The zero-order valence-electron chi connectivity index (χ0n) is 12.5. The van der Waals surface area contributed by atoms with Gasteiger partial charge >= 0.3 is 0 Å². The van der Waals surface area contributed by atoms with Crippen LogP contribution in [-0.4, -0.2) is 16.5 Å². The lowest BCUT2D eigenvalue weighted by Crippen LogP contribution is -2.26. The first-order valence-corrected chi connectivity index (χ1v) is 7.45. The van der Waals surface area contributed by atoms with Crippen molar-refractivity contribution in [2.75, 3.05) is 0 Å². The van der Waals surface area contributed by atoms with E-state index >= 15 is 0 Å². The van der Waals surface area contributed by atoms with Gasteiger partial charge in [-0.25, -0.2) is 0 Å². The Balaban J connectivity index is 1.98. The minimum atomic E-state index is -0.448. The van der Waals surface area contributed by atoms with Crippen LogP contribution in [0.3, 0.4) is 0 Å². The Labute approximate surface area is 133 Å². The van der Waals surface area contributed by atoms with Gasteiger partial charge in [0.15, 0.2) is 5.78 Å². The third kappa shape index (κ3) is 1.87. The number of aromatic nitrogens is 1. The zero-order valence-corrected chi connectivity index (χ0v) is 12.5. The molecule has 1 aromatic heterocycles. The molecule has 23 heavy (non-hydrogen) atoms. The van der Waals surface area contributed by atoms with E-state index in [1.807, 2.05) is 43.3 Å². The van der Waals surface area contributed by atoms with Gasteiger partial charge < -0.3 is 0 Å². The molecule has 0 amide bonds. The highest BCUT2D eigenvalue weighted by atomic mass is 16.1. The van der Waals surface area contributed by atoms with Crippen LogP contribution in [0.5, 0.6) is 0 Å². The van der Waals surface area contributed by atoms with Gasteiger partial charge in [0.25, 0.3) is 0 Å². The van der Waals surface area contributed by atoms with Crippen LogP contribution in [0.25, 0.3) is 5.70 Å².